The number of carbonyl (C=O) groups is 2. The Bertz CT molecular complexity index is 486. The number of ether oxygens (including phenoxy) is 5. The summed E-state index contributed by atoms with van der Waals surface area (Å²) in [6.45, 7) is -0.156. The van der Waals surface area contributed by atoms with E-state index in [2.05, 4.69) is 4.74 Å². The van der Waals surface area contributed by atoms with Crippen LogP contribution in [0.25, 0.3) is 0 Å². The average molecular weight is 410 g/mol. The van der Waals surface area contributed by atoms with E-state index in [4.69, 9.17) is 18.9 Å². The number of halogens is 1. The zero-order chi connectivity index (χ0) is 15.8. The topological polar surface area (TPSA) is 80.3 Å². The molecule has 7 nitrogen and oxygen atoms in total. The van der Waals surface area contributed by atoms with Crippen LogP contribution in [0.4, 0.5) is 0 Å². The highest BCUT2D eigenvalue weighted by atomic mass is 127. The van der Waals surface area contributed by atoms with Gasteiger partial charge in [0, 0.05) is 36.8 Å². The number of carbonyl (C=O) groups excluding carboxylic acids is 2. The standard InChI is InChI=1S/C13H15IO7/c1-17-6-20-9-4-8(13(16)19-3)5-10(21-7-18-2)11(9)12(14)15/h4-5H,6-7H2,1-3H3. The molecule has 0 amide bonds. The van der Waals surface area contributed by atoms with Crippen molar-refractivity contribution >= 4 is 32.4 Å². The van der Waals surface area contributed by atoms with Crippen molar-refractivity contribution in [1.29, 1.82) is 0 Å². The first kappa shape index (κ1) is 17.7. The molecule has 0 aromatic heterocycles. The summed E-state index contributed by atoms with van der Waals surface area (Å²) in [7, 11) is 4.14. The van der Waals surface area contributed by atoms with Crippen LogP contribution in [0, 0.1) is 0 Å². The molecule has 0 unspecified atom stereocenters. The summed E-state index contributed by atoms with van der Waals surface area (Å²) in [6.07, 6.45) is 0. The Labute approximate surface area is 135 Å². The van der Waals surface area contributed by atoms with Crippen molar-refractivity contribution in [2.45, 2.75) is 0 Å². The molecule has 0 spiro atoms. The number of benzene rings is 1. The molecule has 0 N–H and O–H groups in total. The molecule has 0 saturated carbocycles. The van der Waals surface area contributed by atoms with Crippen LogP contribution in [0.1, 0.15) is 20.7 Å². The molecule has 0 aliphatic carbocycles. The number of esters is 1. The molecule has 0 heterocycles. The zero-order valence-electron chi connectivity index (χ0n) is 11.8. The van der Waals surface area contributed by atoms with Gasteiger partial charge in [0.25, 0.3) is 0 Å². The van der Waals surface area contributed by atoms with Crippen LogP contribution in [0.5, 0.6) is 11.5 Å². The maximum atomic E-state index is 11.8. The third kappa shape index (κ3) is 4.83. The van der Waals surface area contributed by atoms with Gasteiger partial charge in [0.1, 0.15) is 17.1 Å². The second-order valence-electron chi connectivity index (χ2n) is 3.71. The summed E-state index contributed by atoms with van der Waals surface area (Å²) in [5, 5.41) is 0. The predicted octanol–water partition coefficient (Wildman–Crippen LogP) is 2.01. The fraction of sp³-hybridized carbons (Fsp3) is 0.385. The van der Waals surface area contributed by atoms with Gasteiger partial charge in [-0.2, -0.15) is 0 Å². The second-order valence-corrected chi connectivity index (χ2v) is 4.69. The fourth-order valence-electron chi connectivity index (χ4n) is 1.49. The summed E-state index contributed by atoms with van der Waals surface area (Å²) in [5.74, 6) is -0.234. The van der Waals surface area contributed by atoms with E-state index < -0.39 is 5.97 Å². The van der Waals surface area contributed by atoms with Gasteiger partial charge in [-0.25, -0.2) is 4.79 Å². The Morgan fingerprint density at radius 1 is 1.00 bits per heavy atom. The lowest BCUT2D eigenvalue weighted by molar-refractivity contribution is 0.0439. The monoisotopic (exact) mass is 410 g/mol. The third-order valence-corrected chi connectivity index (χ3v) is 2.89. The van der Waals surface area contributed by atoms with E-state index in [9.17, 15) is 9.59 Å². The molecule has 0 radical (unpaired) electrons. The largest absolute Gasteiger partial charge is 0.467 e. The Kier molecular flexibility index (Phi) is 7.40. The van der Waals surface area contributed by atoms with Crippen LogP contribution in [0.2, 0.25) is 0 Å². The normalized spacial score (nSPS) is 10.1. The van der Waals surface area contributed by atoms with E-state index in [1.807, 2.05) is 0 Å². The Balaban J connectivity index is 3.34. The Morgan fingerprint density at radius 3 is 1.81 bits per heavy atom. The van der Waals surface area contributed by atoms with Gasteiger partial charge in [0.15, 0.2) is 13.6 Å². The quantitative estimate of drug-likeness (QED) is 0.281. The van der Waals surface area contributed by atoms with Crippen molar-refractivity contribution in [3.05, 3.63) is 23.3 Å². The van der Waals surface area contributed by atoms with Crippen LogP contribution in [0.15, 0.2) is 12.1 Å². The van der Waals surface area contributed by atoms with Crippen molar-refractivity contribution in [1.82, 2.24) is 0 Å². The van der Waals surface area contributed by atoms with Crippen molar-refractivity contribution in [3.8, 4) is 11.5 Å². The first-order valence-corrected chi connectivity index (χ1v) is 6.82. The first-order valence-electron chi connectivity index (χ1n) is 5.74. The molecular formula is C13H15IO7. The minimum absolute atomic E-state index is 0.0781. The first-order chi connectivity index (χ1) is 10.0. The molecule has 116 valence electrons. The summed E-state index contributed by atoms with van der Waals surface area (Å²) < 4.78 is 24.6. The predicted molar refractivity (Wildman–Crippen MR) is 81.1 cm³/mol. The lowest BCUT2D eigenvalue weighted by atomic mass is 10.1. The lowest BCUT2D eigenvalue weighted by Crippen LogP contribution is -2.10. The SMILES string of the molecule is COCOc1cc(C(=O)OC)cc(OCOC)c1C(=O)I. The van der Waals surface area contributed by atoms with Crippen LogP contribution in [-0.4, -0.2) is 44.7 Å². The summed E-state index contributed by atoms with van der Waals surface area (Å²) in [5.41, 5.74) is 0.383. The van der Waals surface area contributed by atoms with Crippen molar-refractivity contribution in [2.24, 2.45) is 0 Å². The van der Waals surface area contributed by atoms with E-state index in [-0.39, 0.29) is 40.0 Å². The molecule has 1 aromatic carbocycles. The minimum atomic E-state index is -0.577. The molecule has 1 rings (SSSR count). The van der Waals surface area contributed by atoms with Crippen LogP contribution >= 0.6 is 22.6 Å². The minimum Gasteiger partial charge on any atom is -0.467 e. The molecule has 0 atom stereocenters. The van der Waals surface area contributed by atoms with Gasteiger partial charge in [0.2, 0.25) is 3.79 Å². The van der Waals surface area contributed by atoms with Crippen molar-refractivity contribution in [3.63, 3.8) is 0 Å². The summed E-state index contributed by atoms with van der Waals surface area (Å²) >= 11 is 1.60. The molecule has 0 fully saturated rings. The molecule has 8 heteroatoms. The van der Waals surface area contributed by atoms with E-state index in [0.717, 1.165) is 0 Å². The highest BCUT2D eigenvalue weighted by Crippen LogP contribution is 2.33. The number of hydrogen-bond acceptors (Lipinski definition) is 7. The summed E-state index contributed by atoms with van der Waals surface area (Å²) in [4.78, 5) is 23.5. The van der Waals surface area contributed by atoms with Gasteiger partial charge >= 0.3 is 5.97 Å². The van der Waals surface area contributed by atoms with Crippen molar-refractivity contribution < 1.29 is 33.3 Å². The zero-order valence-corrected chi connectivity index (χ0v) is 14.0. The third-order valence-electron chi connectivity index (χ3n) is 2.35. The van der Waals surface area contributed by atoms with Gasteiger partial charge in [-0.15, -0.1) is 0 Å². The van der Waals surface area contributed by atoms with E-state index >= 15 is 0 Å². The fourth-order valence-corrected chi connectivity index (χ4v) is 2.02. The Morgan fingerprint density at radius 2 is 1.48 bits per heavy atom. The number of rotatable bonds is 8. The van der Waals surface area contributed by atoms with Gasteiger partial charge in [0.05, 0.1) is 12.7 Å². The van der Waals surface area contributed by atoms with E-state index in [1.165, 1.54) is 33.5 Å². The Hall–Kier alpha value is -1.39. The van der Waals surface area contributed by atoms with Crippen LogP contribution < -0.4 is 9.47 Å². The van der Waals surface area contributed by atoms with Gasteiger partial charge in [-0.1, -0.05) is 0 Å². The highest BCUT2D eigenvalue weighted by Gasteiger charge is 2.21. The molecule has 0 aliphatic heterocycles. The maximum absolute atomic E-state index is 11.8. The highest BCUT2D eigenvalue weighted by molar-refractivity contribution is 14.1. The van der Waals surface area contributed by atoms with Gasteiger partial charge < -0.3 is 23.7 Å². The van der Waals surface area contributed by atoms with Gasteiger partial charge in [-0.05, 0) is 12.1 Å². The molecule has 0 saturated heterocycles. The number of methoxy groups -OCH3 is 3. The maximum Gasteiger partial charge on any atom is 0.338 e. The summed E-state index contributed by atoms with van der Waals surface area (Å²) in [6, 6.07) is 2.80. The smallest absolute Gasteiger partial charge is 0.338 e. The molecule has 21 heavy (non-hydrogen) atoms. The molecule has 0 bridgehead atoms. The molecule has 1 aromatic rings. The van der Waals surface area contributed by atoms with E-state index in [0.29, 0.717) is 0 Å². The molecular weight excluding hydrogens is 395 g/mol. The van der Waals surface area contributed by atoms with E-state index in [1.54, 1.807) is 22.6 Å². The van der Waals surface area contributed by atoms with Gasteiger partial charge in [-0.3, -0.25) is 4.79 Å². The van der Waals surface area contributed by atoms with Crippen LogP contribution in [0.3, 0.4) is 0 Å². The average Bonchev–Trinajstić information content (AvgIpc) is 2.48. The second kappa shape index (κ2) is 8.80. The van der Waals surface area contributed by atoms with Crippen molar-refractivity contribution in [2.75, 3.05) is 34.9 Å². The number of hydrogen-bond donors (Lipinski definition) is 0. The lowest BCUT2D eigenvalue weighted by Gasteiger charge is -2.15. The van der Waals surface area contributed by atoms with Crippen LogP contribution in [-0.2, 0) is 14.2 Å². The molecule has 0 aliphatic rings.